The Morgan fingerprint density at radius 1 is 1.70 bits per heavy atom. The molecule has 0 fully saturated rings. The lowest BCUT2D eigenvalue weighted by Crippen LogP contribution is -2.20. The van der Waals surface area contributed by atoms with E-state index in [1.165, 1.54) is 0 Å². The minimum Gasteiger partial charge on any atom is -0.503 e. The van der Waals surface area contributed by atoms with Gasteiger partial charge in [-0.25, -0.2) is 0 Å². The zero-order chi connectivity index (χ0) is 7.72. The monoisotopic (exact) mass is 142 g/mol. The molecule has 1 heterocycles. The van der Waals surface area contributed by atoms with Crippen molar-refractivity contribution in [3.63, 3.8) is 0 Å². The van der Waals surface area contributed by atoms with E-state index in [9.17, 15) is 9.59 Å². The van der Waals surface area contributed by atoms with Gasteiger partial charge in [0.05, 0.1) is 12.1 Å². The van der Waals surface area contributed by atoms with E-state index in [1.54, 1.807) is 0 Å². The predicted molar refractivity (Wildman–Crippen MR) is 31.9 cm³/mol. The molecule has 5 nitrogen and oxygen atoms in total. The van der Waals surface area contributed by atoms with E-state index in [-0.39, 0.29) is 12.1 Å². The molecular formula is C5H6N2O3. The Labute approximate surface area is 56.5 Å². The molecule has 0 aromatic carbocycles. The number of aliphatic hydroxyl groups excluding tert-OH is 1. The lowest BCUT2D eigenvalue weighted by Gasteiger charge is -1.89. The standard InChI is InChI=1S/C5H6N2O3/c6-4(9)2-1-7-5(10)3(2)8/h8H,1H2,(H2,6,9)(H,7,10). The van der Waals surface area contributed by atoms with Crippen molar-refractivity contribution in [3.8, 4) is 0 Å². The normalized spacial score (nSPS) is 17.4. The third-order valence-electron chi connectivity index (χ3n) is 1.22. The molecular weight excluding hydrogens is 136 g/mol. The maximum absolute atomic E-state index is 10.5. The first-order valence-corrected chi connectivity index (χ1v) is 2.63. The average molecular weight is 142 g/mol. The van der Waals surface area contributed by atoms with Crippen LogP contribution in [0.2, 0.25) is 0 Å². The zero-order valence-electron chi connectivity index (χ0n) is 5.05. The zero-order valence-corrected chi connectivity index (χ0v) is 5.05. The lowest BCUT2D eigenvalue weighted by atomic mass is 10.2. The SMILES string of the molecule is NC(=O)C1=C(O)C(=O)NC1. The summed E-state index contributed by atoms with van der Waals surface area (Å²) < 4.78 is 0. The third kappa shape index (κ3) is 0.812. The van der Waals surface area contributed by atoms with Crippen molar-refractivity contribution < 1.29 is 14.7 Å². The molecule has 0 radical (unpaired) electrons. The highest BCUT2D eigenvalue weighted by Crippen LogP contribution is 2.05. The summed E-state index contributed by atoms with van der Waals surface area (Å²) in [6.07, 6.45) is 0. The van der Waals surface area contributed by atoms with Crippen molar-refractivity contribution in [1.29, 1.82) is 0 Å². The van der Waals surface area contributed by atoms with Gasteiger partial charge in [-0.1, -0.05) is 0 Å². The van der Waals surface area contributed by atoms with Crippen LogP contribution in [0.4, 0.5) is 0 Å². The molecule has 1 rings (SSSR count). The molecule has 1 aliphatic heterocycles. The fraction of sp³-hybridized carbons (Fsp3) is 0.200. The van der Waals surface area contributed by atoms with Gasteiger partial charge in [0.2, 0.25) is 5.91 Å². The second-order valence-corrected chi connectivity index (χ2v) is 1.87. The molecule has 5 heteroatoms. The molecule has 54 valence electrons. The molecule has 0 bridgehead atoms. The van der Waals surface area contributed by atoms with Gasteiger partial charge >= 0.3 is 0 Å². The fourth-order valence-corrected chi connectivity index (χ4v) is 0.677. The van der Waals surface area contributed by atoms with Crippen LogP contribution in [0.15, 0.2) is 11.3 Å². The van der Waals surface area contributed by atoms with Crippen molar-refractivity contribution in [2.45, 2.75) is 0 Å². The molecule has 0 aliphatic carbocycles. The van der Waals surface area contributed by atoms with Gasteiger partial charge in [-0.15, -0.1) is 0 Å². The van der Waals surface area contributed by atoms with Crippen LogP contribution in [0.1, 0.15) is 0 Å². The van der Waals surface area contributed by atoms with Crippen LogP contribution in [0.25, 0.3) is 0 Å². The van der Waals surface area contributed by atoms with Crippen molar-refractivity contribution in [1.82, 2.24) is 5.32 Å². The highest BCUT2D eigenvalue weighted by molar-refractivity contribution is 6.06. The summed E-state index contributed by atoms with van der Waals surface area (Å²) in [5, 5.41) is 11.0. The van der Waals surface area contributed by atoms with Crippen molar-refractivity contribution in [3.05, 3.63) is 11.3 Å². The smallest absolute Gasteiger partial charge is 0.286 e. The van der Waals surface area contributed by atoms with E-state index >= 15 is 0 Å². The number of hydrogen-bond acceptors (Lipinski definition) is 3. The third-order valence-corrected chi connectivity index (χ3v) is 1.22. The van der Waals surface area contributed by atoms with Crippen LogP contribution in [0.5, 0.6) is 0 Å². The lowest BCUT2D eigenvalue weighted by molar-refractivity contribution is -0.119. The first-order valence-electron chi connectivity index (χ1n) is 2.63. The van der Waals surface area contributed by atoms with Crippen molar-refractivity contribution >= 4 is 11.8 Å². The Hall–Kier alpha value is -1.52. The van der Waals surface area contributed by atoms with Gasteiger partial charge in [0.15, 0.2) is 5.76 Å². The van der Waals surface area contributed by atoms with Crippen LogP contribution in [0, 0.1) is 0 Å². The van der Waals surface area contributed by atoms with Crippen LogP contribution >= 0.6 is 0 Å². The Bertz CT molecular complexity index is 231. The van der Waals surface area contributed by atoms with Gasteiger partial charge in [-0.2, -0.15) is 0 Å². The highest BCUT2D eigenvalue weighted by atomic mass is 16.3. The second kappa shape index (κ2) is 2.02. The number of carbonyl (C=O) groups is 2. The Balaban J connectivity index is 2.96. The average Bonchev–Trinajstić information content (AvgIpc) is 2.14. The fourth-order valence-electron chi connectivity index (χ4n) is 0.677. The number of nitrogens with one attached hydrogen (secondary N) is 1. The maximum Gasteiger partial charge on any atom is 0.286 e. The number of carbonyl (C=O) groups excluding carboxylic acids is 2. The Morgan fingerprint density at radius 3 is 2.50 bits per heavy atom. The van der Waals surface area contributed by atoms with E-state index in [1.807, 2.05) is 0 Å². The van der Waals surface area contributed by atoms with Crippen LogP contribution < -0.4 is 11.1 Å². The number of amides is 2. The minimum absolute atomic E-state index is 0.0278. The first-order chi connectivity index (χ1) is 4.63. The molecule has 1 aliphatic rings. The van der Waals surface area contributed by atoms with Crippen molar-refractivity contribution in [2.24, 2.45) is 5.73 Å². The van der Waals surface area contributed by atoms with Gasteiger partial charge in [0.25, 0.3) is 5.91 Å². The van der Waals surface area contributed by atoms with Gasteiger partial charge in [-0.3, -0.25) is 9.59 Å². The summed E-state index contributed by atoms with van der Waals surface area (Å²) in [4.78, 5) is 20.8. The van der Waals surface area contributed by atoms with Gasteiger partial charge in [0.1, 0.15) is 0 Å². The Morgan fingerprint density at radius 2 is 2.30 bits per heavy atom. The molecule has 0 atom stereocenters. The second-order valence-electron chi connectivity index (χ2n) is 1.87. The predicted octanol–water partition coefficient (Wildman–Crippen LogP) is -1.59. The molecule has 0 spiro atoms. The number of rotatable bonds is 1. The van der Waals surface area contributed by atoms with Gasteiger partial charge in [-0.05, 0) is 0 Å². The quantitative estimate of drug-likeness (QED) is 0.412. The maximum atomic E-state index is 10.5. The molecule has 0 aromatic heterocycles. The largest absolute Gasteiger partial charge is 0.503 e. The summed E-state index contributed by atoms with van der Waals surface area (Å²) in [5.41, 5.74) is 4.75. The Kier molecular flexibility index (Phi) is 1.33. The summed E-state index contributed by atoms with van der Waals surface area (Å²) in [6.45, 7) is 0.0278. The molecule has 4 N–H and O–H groups in total. The number of primary amides is 1. The molecule has 2 amide bonds. The van der Waals surface area contributed by atoms with E-state index in [2.05, 4.69) is 5.32 Å². The molecule has 0 aromatic rings. The molecule has 0 unspecified atom stereocenters. The highest BCUT2D eigenvalue weighted by Gasteiger charge is 2.24. The van der Waals surface area contributed by atoms with E-state index in [0.717, 1.165) is 0 Å². The molecule has 0 saturated carbocycles. The summed E-state index contributed by atoms with van der Waals surface area (Å²) >= 11 is 0. The summed E-state index contributed by atoms with van der Waals surface area (Å²) in [6, 6.07) is 0. The van der Waals surface area contributed by atoms with E-state index in [4.69, 9.17) is 10.8 Å². The number of nitrogens with two attached hydrogens (primary N) is 1. The van der Waals surface area contributed by atoms with Gasteiger partial charge < -0.3 is 16.2 Å². The molecule has 0 saturated heterocycles. The first kappa shape index (κ1) is 6.60. The van der Waals surface area contributed by atoms with Crippen LogP contribution in [-0.4, -0.2) is 23.5 Å². The van der Waals surface area contributed by atoms with Crippen LogP contribution in [-0.2, 0) is 9.59 Å². The number of aliphatic hydroxyl groups is 1. The summed E-state index contributed by atoms with van der Waals surface area (Å²) in [7, 11) is 0. The van der Waals surface area contributed by atoms with Crippen LogP contribution in [0.3, 0.4) is 0 Å². The van der Waals surface area contributed by atoms with E-state index < -0.39 is 17.6 Å². The number of hydrogen-bond donors (Lipinski definition) is 3. The topological polar surface area (TPSA) is 92.4 Å². The van der Waals surface area contributed by atoms with E-state index in [0.29, 0.717) is 0 Å². The van der Waals surface area contributed by atoms with Crippen molar-refractivity contribution in [2.75, 3.05) is 6.54 Å². The molecule has 10 heavy (non-hydrogen) atoms. The summed E-state index contributed by atoms with van der Waals surface area (Å²) in [5.74, 6) is -1.97. The van der Waals surface area contributed by atoms with Gasteiger partial charge in [0, 0.05) is 0 Å². The minimum atomic E-state index is -0.768.